The molecule has 0 unspecified atom stereocenters. The van der Waals surface area contributed by atoms with Crippen molar-refractivity contribution in [1.29, 1.82) is 0 Å². The number of hydrogen-bond acceptors (Lipinski definition) is 6. The Morgan fingerprint density at radius 1 is 1.00 bits per heavy atom. The molecule has 4 aromatic rings. The van der Waals surface area contributed by atoms with Gasteiger partial charge in [0.15, 0.2) is 10.9 Å². The first-order valence-corrected chi connectivity index (χ1v) is 10.5. The minimum Gasteiger partial charge on any atom is -0.406 e. The van der Waals surface area contributed by atoms with E-state index in [1.54, 1.807) is 30.5 Å². The third-order valence-corrected chi connectivity index (χ3v) is 4.74. The van der Waals surface area contributed by atoms with Crippen LogP contribution in [-0.2, 0) is 0 Å². The Morgan fingerprint density at radius 2 is 1.69 bits per heavy atom. The molecule has 0 saturated heterocycles. The lowest BCUT2D eigenvalue weighted by Crippen LogP contribution is -2.23. The molecule has 0 bridgehead atoms. The van der Waals surface area contributed by atoms with Crippen molar-refractivity contribution in [1.82, 2.24) is 20.2 Å². The lowest BCUT2D eigenvalue weighted by atomic mass is 10.1. The van der Waals surface area contributed by atoms with Crippen LogP contribution in [0.5, 0.6) is 5.75 Å². The summed E-state index contributed by atoms with van der Waals surface area (Å²) < 4.78 is 42.3. The Hall–Kier alpha value is -4.45. The molecule has 0 atom stereocenters. The number of halogens is 3. The van der Waals surface area contributed by atoms with Crippen LogP contribution in [0.4, 0.5) is 24.5 Å². The molecule has 0 radical (unpaired) electrons. The van der Waals surface area contributed by atoms with Gasteiger partial charge in [0.05, 0.1) is 11.9 Å². The van der Waals surface area contributed by atoms with E-state index in [0.717, 1.165) is 16.8 Å². The quantitative estimate of drug-likeness (QED) is 0.153. The molecule has 35 heavy (non-hydrogen) atoms. The molecular weight excluding hydrogens is 479 g/mol. The summed E-state index contributed by atoms with van der Waals surface area (Å²) in [4.78, 5) is 4.27. The predicted octanol–water partition coefficient (Wildman–Crippen LogP) is 4.74. The van der Waals surface area contributed by atoms with Crippen LogP contribution in [-0.4, -0.2) is 32.5 Å². The van der Waals surface area contributed by atoms with Gasteiger partial charge in [-0.1, -0.05) is 24.3 Å². The van der Waals surface area contributed by atoms with E-state index in [4.69, 9.17) is 18.0 Å². The predicted molar refractivity (Wildman–Crippen MR) is 131 cm³/mol. The highest BCUT2D eigenvalue weighted by Gasteiger charge is 2.31. The second kappa shape index (κ2) is 10.2. The van der Waals surface area contributed by atoms with Crippen LogP contribution in [0.1, 0.15) is 5.56 Å². The standard InChI is InChI=1S/C23H18F3N7OS/c24-23(25,26)34-20-11-9-19(10-12-20)33-14-28-21(32-33)16-3-1-15(2-4-16)13-29-31-22(35)30-18-7-5-17(27)6-8-18/h1-14H,27H2,(H2,30,31,35)/b29-13+. The van der Waals surface area contributed by atoms with Crippen molar-refractivity contribution in [3.8, 4) is 22.8 Å². The first kappa shape index (κ1) is 23.7. The smallest absolute Gasteiger partial charge is 0.406 e. The van der Waals surface area contributed by atoms with Gasteiger partial charge in [-0.05, 0) is 66.3 Å². The number of hydrazone groups is 1. The van der Waals surface area contributed by atoms with Gasteiger partial charge in [-0.15, -0.1) is 18.3 Å². The van der Waals surface area contributed by atoms with Crippen LogP contribution in [0.15, 0.2) is 84.2 Å². The third kappa shape index (κ3) is 6.77. The highest BCUT2D eigenvalue weighted by Crippen LogP contribution is 2.24. The summed E-state index contributed by atoms with van der Waals surface area (Å²) in [5, 5.41) is 11.8. The van der Waals surface area contributed by atoms with Crippen molar-refractivity contribution in [2.45, 2.75) is 6.36 Å². The van der Waals surface area contributed by atoms with E-state index in [1.807, 2.05) is 24.3 Å². The summed E-state index contributed by atoms with van der Waals surface area (Å²) in [5.74, 6) is 0.145. The van der Waals surface area contributed by atoms with E-state index < -0.39 is 6.36 Å². The maximum atomic E-state index is 12.3. The van der Waals surface area contributed by atoms with E-state index in [-0.39, 0.29) is 5.75 Å². The van der Waals surface area contributed by atoms with Gasteiger partial charge < -0.3 is 15.8 Å². The fraction of sp³-hybridized carbons (Fsp3) is 0.0435. The van der Waals surface area contributed by atoms with E-state index in [2.05, 4.69) is 30.7 Å². The average Bonchev–Trinajstić information content (AvgIpc) is 3.31. The number of nitrogens with one attached hydrogen (secondary N) is 2. The molecule has 0 spiro atoms. The summed E-state index contributed by atoms with van der Waals surface area (Å²) in [6.07, 6.45) is -1.66. The molecule has 0 saturated carbocycles. The van der Waals surface area contributed by atoms with Crippen molar-refractivity contribution < 1.29 is 17.9 Å². The SMILES string of the molecule is Nc1ccc(NC(=S)N/N=C/c2ccc(-c3ncn(-c4ccc(OC(F)(F)F)cc4)n3)cc2)cc1. The van der Waals surface area contributed by atoms with Crippen molar-refractivity contribution in [2.75, 3.05) is 11.1 Å². The Kier molecular flexibility index (Phi) is 6.92. The zero-order chi connectivity index (χ0) is 24.8. The number of alkyl halides is 3. The lowest BCUT2D eigenvalue weighted by Gasteiger charge is -2.09. The first-order valence-electron chi connectivity index (χ1n) is 10.1. The van der Waals surface area contributed by atoms with E-state index in [0.29, 0.717) is 22.3 Å². The number of nitrogens with two attached hydrogens (primary N) is 1. The highest BCUT2D eigenvalue weighted by molar-refractivity contribution is 7.80. The second-order valence-electron chi connectivity index (χ2n) is 7.12. The molecule has 0 fully saturated rings. The number of benzene rings is 3. The number of nitrogen functional groups attached to an aromatic ring is 1. The van der Waals surface area contributed by atoms with Gasteiger partial charge in [0.1, 0.15) is 12.1 Å². The van der Waals surface area contributed by atoms with Crippen molar-refractivity contribution >= 4 is 34.9 Å². The molecule has 178 valence electrons. The summed E-state index contributed by atoms with van der Waals surface area (Å²) >= 11 is 5.20. The lowest BCUT2D eigenvalue weighted by molar-refractivity contribution is -0.274. The molecular formula is C23H18F3N7OS. The summed E-state index contributed by atoms with van der Waals surface area (Å²) in [7, 11) is 0. The largest absolute Gasteiger partial charge is 0.573 e. The fourth-order valence-electron chi connectivity index (χ4n) is 2.93. The second-order valence-corrected chi connectivity index (χ2v) is 7.53. The number of nitrogens with zero attached hydrogens (tertiary/aromatic N) is 4. The van der Waals surface area contributed by atoms with Crippen LogP contribution in [0.25, 0.3) is 17.1 Å². The molecule has 4 rings (SSSR count). The number of aromatic nitrogens is 3. The first-order chi connectivity index (χ1) is 16.7. The Balaban J connectivity index is 1.34. The van der Waals surface area contributed by atoms with E-state index >= 15 is 0 Å². The maximum Gasteiger partial charge on any atom is 0.573 e. The molecule has 1 heterocycles. The normalized spacial score (nSPS) is 11.4. The molecule has 8 nitrogen and oxygen atoms in total. The van der Waals surface area contributed by atoms with Crippen molar-refractivity contribution in [2.24, 2.45) is 5.10 Å². The van der Waals surface area contributed by atoms with E-state index in [9.17, 15) is 13.2 Å². The number of thiocarbonyl (C=S) groups is 1. The van der Waals surface area contributed by atoms with Gasteiger partial charge in [-0.25, -0.2) is 9.67 Å². The molecule has 3 aromatic carbocycles. The van der Waals surface area contributed by atoms with Gasteiger partial charge in [0.25, 0.3) is 0 Å². The molecule has 1 aromatic heterocycles. The van der Waals surface area contributed by atoms with Crippen LogP contribution in [0, 0.1) is 0 Å². The molecule has 0 amide bonds. The molecule has 4 N–H and O–H groups in total. The van der Waals surface area contributed by atoms with Gasteiger partial charge in [0.2, 0.25) is 0 Å². The van der Waals surface area contributed by atoms with Crippen molar-refractivity contribution in [3.63, 3.8) is 0 Å². The molecule has 0 aliphatic heterocycles. The average molecular weight is 498 g/mol. The Morgan fingerprint density at radius 3 is 2.34 bits per heavy atom. The summed E-state index contributed by atoms with van der Waals surface area (Å²) in [6.45, 7) is 0. The van der Waals surface area contributed by atoms with Crippen LogP contribution >= 0.6 is 12.2 Å². The Labute approximate surface area is 203 Å². The zero-order valence-corrected chi connectivity index (χ0v) is 18.7. The summed E-state index contributed by atoms with van der Waals surface area (Å²) in [5.41, 5.74) is 11.9. The maximum absolute atomic E-state index is 12.3. The fourth-order valence-corrected chi connectivity index (χ4v) is 3.10. The van der Waals surface area contributed by atoms with Crippen LogP contribution in [0.3, 0.4) is 0 Å². The molecule has 12 heteroatoms. The number of anilines is 2. The van der Waals surface area contributed by atoms with Crippen LogP contribution < -0.4 is 21.2 Å². The van der Waals surface area contributed by atoms with Gasteiger partial charge >= 0.3 is 6.36 Å². The van der Waals surface area contributed by atoms with Crippen LogP contribution in [0.2, 0.25) is 0 Å². The highest BCUT2D eigenvalue weighted by atomic mass is 32.1. The summed E-state index contributed by atoms with van der Waals surface area (Å²) in [6, 6.07) is 19.8. The van der Waals surface area contributed by atoms with E-state index in [1.165, 1.54) is 35.3 Å². The minimum atomic E-state index is -4.74. The third-order valence-electron chi connectivity index (χ3n) is 4.54. The Bertz CT molecular complexity index is 1320. The molecule has 0 aliphatic carbocycles. The topological polar surface area (TPSA) is 102 Å². The van der Waals surface area contributed by atoms with Gasteiger partial charge in [0, 0.05) is 16.9 Å². The van der Waals surface area contributed by atoms with Gasteiger partial charge in [-0.3, -0.25) is 5.43 Å². The number of ether oxygens (including phenoxy) is 1. The number of hydrogen-bond donors (Lipinski definition) is 3. The van der Waals surface area contributed by atoms with Crippen molar-refractivity contribution in [3.05, 3.63) is 84.7 Å². The molecule has 0 aliphatic rings. The number of rotatable bonds is 6. The van der Waals surface area contributed by atoms with Gasteiger partial charge in [-0.2, -0.15) is 5.10 Å². The zero-order valence-electron chi connectivity index (χ0n) is 17.9. The monoisotopic (exact) mass is 497 g/mol. The minimum absolute atomic E-state index is 0.310.